The summed E-state index contributed by atoms with van der Waals surface area (Å²) in [6.45, 7) is 6.73. The van der Waals surface area contributed by atoms with Crippen molar-refractivity contribution in [3.05, 3.63) is 52.6 Å². The molecule has 2 rings (SSSR count). The van der Waals surface area contributed by atoms with Crippen LogP contribution in [0.25, 0.3) is 0 Å². The molecule has 1 atom stereocenters. The van der Waals surface area contributed by atoms with Crippen LogP contribution in [-0.4, -0.2) is 9.78 Å². The van der Waals surface area contributed by atoms with E-state index in [0.29, 0.717) is 12.0 Å². The van der Waals surface area contributed by atoms with Crippen LogP contribution in [-0.2, 0) is 13.0 Å². The molecule has 0 aliphatic heterocycles. The molecule has 0 amide bonds. The second-order valence-electron chi connectivity index (χ2n) is 4.93. The minimum atomic E-state index is -0.346. The standard InChI is InChI=1S/C15H20FN3/c1-4-19-12(8-11(3)18-19)9-15(17)13-7-10(2)5-6-14(13)16/h5-8,15H,4,9,17H2,1-3H3. The Morgan fingerprint density at radius 2 is 2.05 bits per heavy atom. The lowest BCUT2D eigenvalue weighted by molar-refractivity contribution is 0.555. The largest absolute Gasteiger partial charge is 0.324 e. The van der Waals surface area contributed by atoms with Crippen molar-refractivity contribution in [3.63, 3.8) is 0 Å². The van der Waals surface area contributed by atoms with Gasteiger partial charge in [-0.15, -0.1) is 0 Å². The molecule has 1 aromatic carbocycles. The normalized spacial score (nSPS) is 12.7. The van der Waals surface area contributed by atoms with Crippen LogP contribution in [0.15, 0.2) is 24.3 Å². The predicted molar refractivity (Wildman–Crippen MR) is 74.4 cm³/mol. The van der Waals surface area contributed by atoms with Crippen LogP contribution < -0.4 is 5.73 Å². The van der Waals surface area contributed by atoms with E-state index in [2.05, 4.69) is 5.10 Å². The van der Waals surface area contributed by atoms with Crippen molar-refractivity contribution in [3.8, 4) is 0 Å². The summed E-state index contributed by atoms with van der Waals surface area (Å²) in [7, 11) is 0. The molecule has 2 N–H and O–H groups in total. The van der Waals surface area contributed by atoms with Crippen molar-refractivity contribution < 1.29 is 4.39 Å². The Labute approximate surface area is 113 Å². The monoisotopic (exact) mass is 261 g/mol. The van der Waals surface area contributed by atoms with Crippen molar-refractivity contribution in [1.82, 2.24) is 9.78 Å². The molecule has 2 aromatic rings. The topological polar surface area (TPSA) is 43.8 Å². The number of nitrogens with zero attached hydrogens (tertiary/aromatic N) is 2. The number of hydrogen-bond donors (Lipinski definition) is 1. The Balaban J connectivity index is 2.25. The lowest BCUT2D eigenvalue weighted by atomic mass is 10.00. The third kappa shape index (κ3) is 3.01. The quantitative estimate of drug-likeness (QED) is 0.919. The second-order valence-corrected chi connectivity index (χ2v) is 4.93. The molecule has 0 aliphatic rings. The van der Waals surface area contributed by atoms with Gasteiger partial charge in [0.1, 0.15) is 5.82 Å². The summed E-state index contributed by atoms with van der Waals surface area (Å²) in [5.41, 5.74) is 9.76. The number of benzene rings is 1. The maximum Gasteiger partial charge on any atom is 0.128 e. The van der Waals surface area contributed by atoms with Gasteiger partial charge in [-0.3, -0.25) is 4.68 Å². The first-order valence-corrected chi connectivity index (χ1v) is 6.56. The van der Waals surface area contributed by atoms with Gasteiger partial charge in [0.25, 0.3) is 0 Å². The minimum absolute atomic E-state index is 0.239. The smallest absolute Gasteiger partial charge is 0.128 e. The van der Waals surface area contributed by atoms with Crippen LogP contribution in [0, 0.1) is 19.7 Å². The first kappa shape index (κ1) is 13.7. The molecule has 0 saturated carbocycles. The van der Waals surface area contributed by atoms with Gasteiger partial charge >= 0.3 is 0 Å². The number of aromatic nitrogens is 2. The lowest BCUT2D eigenvalue weighted by Crippen LogP contribution is -2.17. The summed E-state index contributed by atoms with van der Waals surface area (Å²) < 4.78 is 15.7. The van der Waals surface area contributed by atoms with Crippen LogP contribution in [0.2, 0.25) is 0 Å². The van der Waals surface area contributed by atoms with E-state index >= 15 is 0 Å². The van der Waals surface area contributed by atoms with E-state index < -0.39 is 0 Å². The highest BCUT2D eigenvalue weighted by molar-refractivity contribution is 5.28. The van der Waals surface area contributed by atoms with Crippen molar-refractivity contribution in [2.75, 3.05) is 0 Å². The van der Waals surface area contributed by atoms with Crippen LogP contribution in [0.1, 0.15) is 35.5 Å². The minimum Gasteiger partial charge on any atom is -0.324 e. The molecule has 0 aliphatic carbocycles. The highest BCUT2D eigenvalue weighted by atomic mass is 19.1. The van der Waals surface area contributed by atoms with Gasteiger partial charge in [0, 0.05) is 30.3 Å². The molecule has 3 nitrogen and oxygen atoms in total. The fourth-order valence-electron chi connectivity index (χ4n) is 2.32. The lowest BCUT2D eigenvalue weighted by Gasteiger charge is -2.14. The van der Waals surface area contributed by atoms with Crippen molar-refractivity contribution in [2.24, 2.45) is 5.73 Å². The Morgan fingerprint density at radius 1 is 1.32 bits per heavy atom. The number of nitrogens with two attached hydrogens (primary N) is 1. The van der Waals surface area contributed by atoms with Gasteiger partial charge in [0.15, 0.2) is 0 Å². The number of aryl methyl sites for hydroxylation is 3. The second kappa shape index (κ2) is 5.53. The molecule has 0 saturated heterocycles. The third-order valence-corrected chi connectivity index (χ3v) is 3.27. The van der Waals surface area contributed by atoms with Gasteiger partial charge in [-0.2, -0.15) is 5.10 Å². The molecule has 1 heterocycles. The molecule has 0 fully saturated rings. The first-order valence-electron chi connectivity index (χ1n) is 6.56. The van der Waals surface area contributed by atoms with Crippen molar-refractivity contribution in [1.29, 1.82) is 0 Å². The van der Waals surface area contributed by atoms with E-state index in [-0.39, 0.29) is 11.9 Å². The Bertz CT molecular complexity index is 575. The zero-order chi connectivity index (χ0) is 14.0. The van der Waals surface area contributed by atoms with Crippen LogP contribution in [0.5, 0.6) is 0 Å². The summed E-state index contributed by atoms with van der Waals surface area (Å²) in [5, 5.41) is 4.38. The molecule has 1 unspecified atom stereocenters. The number of halogens is 1. The molecule has 19 heavy (non-hydrogen) atoms. The van der Waals surface area contributed by atoms with Gasteiger partial charge in [0.2, 0.25) is 0 Å². The van der Waals surface area contributed by atoms with Crippen LogP contribution >= 0.6 is 0 Å². The molecular weight excluding hydrogens is 241 g/mol. The predicted octanol–water partition coefficient (Wildman–Crippen LogP) is 2.90. The van der Waals surface area contributed by atoms with Gasteiger partial charge in [-0.1, -0.05) is 17.7 Å². The molecule has 1 aromatic heterocycles. The van der Waals surface area contributed by atoms with Crippen LogP contribution in [0.4, 0.5) is 4.39 Å². The molecule has 102 valence electrons. The highest BCUT2D eigenvalue weighted by Gasteiger charge is 2.15. The summed E-state index contributed by atoms with van der Waals surface area (Å²) in [5.74, 6) is -0.239. The van der Waals surface area contributed by atoms with Crippen molar-refractivity contribution in [2.45, 2.75) is 39.8 Å². The fourth-order valence-corrected chi connectivity index (χ4v) is 2.32. The number of rotatable bonds is 4. The highest BCUT2D eigenvalue weighted by Crippen LogP contribution is 2.21. The van der Waals surface area contributed by atoms with E-state index in [0.717, 1.165) is 23.5 Å². The Morgan fingerprint density at radius 3 is 2.74 bits per heavy atom. The fraction of sp³-hybridized carbons (Fsp3) is 0.400. The van der Waals surface area contributed by atoms with E-state index in [1.165, 1.54) is 6.07 Å². The zero-order valence-electron chi connectivity index (χ0n) is 11.7. The zero-order valence-corrected chi connectivity index (χ0v) is 11.7. The summed E-state index contributed by atoms with van der Waals surface area (Å²) >= 11 is 0. The van der Waals surface area contributed by atoms with E-state index in [1.54, 1.807) is 6.07 Å². The average molecular weight is 261 g/mol. The number of hydrogen-bond acceptors (Lipinski definition) is 2. The van der Waals surface area contributed by atoms with Crippen LogP contribution in [0.3, 0.4) is 0 Å². The summed E-state index contributed by atoms with van der Waals surface area (Å²) in [6, 6.07) is 6.72. The van der Waals surface area contributed by atoms with Gasteiger partial charge in [-0.05, 0) is 32.9 Å². The van der Waals surface area contributed by atoms with E-state index in [9.17, 15) is 4.39 Å². The molecule has 0 radical (unpaired) electrons. The maximum absolute atomic E-state index is 13.8. The van der Waals surface area contributed by atoms with Gasteiger partial charge in [-0.25, -0.2) is 4.39 Å². The molecule has 0 spiro atoms. The van der Waals surface area contributed by atoms with E-state index in [4.69, 9.17) is 5.73 Å². The first-order chi connectivity index (χ1) is 9.01. The van der Waals surface area contributed by atoms with Gasteiger partial charge in [0.05, 0.1) is 5.69 Å². The SMILES string of the molecule is CCn1nc(C)cc1CC(N)c1cc(C)ccc1F. The van der Waals surface area contributed by atoms with Crippen molar-refractivity contribution >= 4 is 0 Å². The van der Waals surface area contributed by atoms with Gasteiger partial charge < -0.3 is 5.73 Å². The third-order valence-electron chi connectivity index (χ3n) is 3.27. The summed E-state index contributed by atoms with van der Waals surface area (Å²) in [6.07, 6.45) is 0.592. The van der Waals surface area contributed by atoms with E-state index in [1.807, 2.05) is 37.6 Å². The Hall–Kier alpha value is -1.68. The maximum atomic E-state index is 13.8. The molecule has 0 bridgehead atoms. The Kier molecular flexibility index (Phi) is 4.00. The average Bonchev–Trinajstić information content (AvgIpc) is 2.72. The molecule has 4 heteroatoms. The summed E-state index contributed by atoms with van der Waals surface area (Å²) in [4.78, 5) is 0. The molecular formula is C15H20FN3.